The van der Waals surface area contributed by atoms with Crippen molar-refractivity contribution in [3.63, 3.8) is 0 Å². The van der Waals surface area contributed by atoms with Crippen molar-refractivity contribution in [1.82, 2.24) is 4.98 Å². The van der Waals surface area contributed by atoms with Crippen LogP contribution in [0.15, 0.2) is 71.6 Å². The van der Waals surface area contributed by atoms with Gasteiger partial charge in [0.05, 0.1) is 15.1 Å². The van der Waals surface area contributed by atoms with Gasteiger partial charge in [-0.1, -0.05) is 54.2 Å². The molecule has 1 heterocycles. The summed E-state index contributed by atoms with van der Waals surface area (Å²) in [7, 11) is -3.73. The van der Waals surface area contributed by atoms with E-state index in [4.69, 9.17) is 0 Å². The molecule has 7 nitrogen and oxygen atoms in total. The first-order valence-electron chi connectivity index (χ1n) is 10.00. The van der Waals surface area contributed by atoms with Crippen LogP contribution in [-0.4, -0.2) is 19.4 Å². The van der Waals surface area contributed by atoms with E-state index >= 15 is 0 Å². The minimum atomic E-state index is -3.73. The largest absolute Gasteiger partial charge is 0.323 e. The smallest absolute Gasteiger partial charge is 0.308 e. The van der Waals surface area contributed by atoms with E-state index < -0.39 is 10.0 Å². The van der Waals surface area contributed by atoms with Crippen LogP contribution >= 0.6 is 11.3 Å². The van der Waals surface area contributed by atoms with Crippen LogP contribution in [0.5, 0.6) is 0 Å². The number of amides is 2. The highest BCUT2D eigenvalue weighted by Crippen LogP contribution is 2.30. The molecule has 0 fully saturated rings. The topological polar surface area (TPSA) is 100 Å². The van der Waals surface area contributed by atoms with Gasteiger partial charge in [-0.25, -0.2) is 18.2 Å². The van der Waals surface area contributed by atoms with Crippen LogP contribution in [0.4, 0.5) is 21.3 Å². The molecule has 0 radical (unpaired) electrons. The third-order valence-electron chi connectivity index (χ3n) is 4.84. The highest BCUT2D eigenvalue weighted by Gasteiger charge is 2.17. The Morgan fingerprint density at radius 1 is 1.00 bits per heavy atom. The minimum absolute atomic E-state index is 0.175. The zero-order valence-corrected chi connectivity index (χ0v) is 19.2. The molecule has 0 aliphatic carbocycles. The van der Waals surface area contributed by atoms with E-state index in [1.54, 1.807) is 42.5 Å². The predicted molar refractivity (Wildman–Crippen MR) is 130 cm³/mol. The summed E-state index contributed by atoms with van der Waals surface area (Å²) in [5.74, 6) is 0. The van der Waals surface area contributed by atoms with Gasteiger partial charge in [0.1, 0.15) is 0 Å². The molecule has 3 N–H and O–H groups in total. The second kappa shape index (κ2) is 8.97. The van der Waals surface area contributed by atoms with Crippen LogP contribution in [0.25, 0.3) is 10.2 Å². The van der Waals surface area contributed by atoms with Gasteiger partial charge in [0.25, 0.3) is 10.0 Å². The molecule has 2 amide bonds. The number of hydrogen-bond donors (Lipinski definition) is 3. The van der Waals surface area contributed by atoms with Crippen molar-refractivity contribution in [1.29, 1.82) is 0 Å². The number of benzene rings is 3. The van der Waals surface area contributed by atoms with Gasteiger partial charge in [-0.2, -0.15) is 0 Å². The van der Waals surface area contributed by atoms with Crippen molar-refractivity contribution in [3.05, 3.63) is 77.9 Å². The lowest BCUT2D eigenvalue weighted by atomic mass is 10.1. The number of para-hydroxylation sites is 1. The second-order valence-corrected chi connectivity index (χ2v) is 9.92. The number of urea groups is 1. The monoisotopic (exact) mass is 466 g/mol. The van der Waals surface area contributed by atoms with Crippen LogP contribution in [0.2, 0.25) is 0 Å². The number of nitrogens with zero attached hydrogens (tertiary/aromatic N) is 1. The molecule has 3 aromatic carbocycles. The molecule has 0 aliphatic rings. The van der Waals surface area contributed by atoms with Gasteiger partial charge < -0.3 is 10.6 Å². The van der Waals surface area contributed by atoms with Gasteiger partial charge in [0, 0.05) is 11.4 Å². The van der Waals surface area contributed by atoms with Crippen LogP contribution in [0, 0.1) is 6.92 Å². The van der Waals surface area contributed by atoms with Gasteiger partial charge in [0.2, 0.25) is 0 Å². The quantitative estimate of drug-likeness (QED) is 0.344. The maximum atomic E-state index is 12.6. The van der Waals surface area contributed by atoms with E-state index in [2.05, 4.69) is 20.3 Å². The van der Waals surface area contributed by atoms with E-state index in [1.807, 2.05) is 38.1 Å². The number of hydrogen-bond acceptors (Lipinski definition) is 5. The predicted octanol–water partition coefficient (Wildman–Crippen LogP) is 5.61. The van der Waals surface area contributed by atoms with Crippen LogP contribution in [-0.2, 0) is 16.4 Å². The van der Waals surface area contributed by atoms with E-state index in [-0.39, 0.29) is 16.1 Å². The Hall–Kier alpha value is -3.43. The first-order valence-corrected chi connectivity index (χ1v) is 12.3. The number of carbonyl (C=O) groups is 1. The minimum Gasteiger partial charge on any atom is -0.308 e. The summed E-state index contributed by atoms with van der Waals surface area (Å²) < 4.78 is 28.6. The Bertz CT molecular complexity index is 1380. The lowest BCUT2D eigenvalue weighted by molar-refractivity contribution is 0.262. The fourth-order valence-electron chi connectivity index (χ4n) is 3.18. The standard InChI is InChI=1S/C23H22N4O3S2/c1-3-16-6-4-5-7-19(16)25-22(28)24-17-10-13-21-20(14-17)26-23(31-21)27-32(29,30)18-11-8-15(2)9-12-18/h4-14H,3H2,1-2H3,(H,26,27)(H2,24,25,28). The number of fused-ring (bicyclic) bond motifs is 1. The summed E-state index contributed by atoms with van der Waals surface area (Å²) in [6.45, 7) is 3.92. The summed E-state index contributed by atoms with van der Waals surface area (Å²) in [5, 5.41) is 5.92. The number of rotatable bonds is 6. The summed E-state index contributed by atoms with van der Waals surface area (Å²) in [6, 6.07) is 19.1. The zero-order chi connectivity index (χ0) is 22.7. The van der Waals surface area contributed by atoms with E-state index in [1.165, 1.54) is 11.3 Å². The molecule has 4 rings (SSSR count). The average Bonchev–Trinajstić information content (AvgIpc) is 3.15. The molecule has 1 aromatic heterocycles. The molecule has 32 heavy (non-hydrogen) atoms. The number of aromatic nitrogens is 1. The lowest BCUT2D eigenvalue weighted by Crippen LogP contribution is -2.20. The third-order valence-corrected chi connectivity index (χ3v) is 7.28. The molecular formula is C23H22N4O3S2. The summed E-state index contributed by atoms with van der Waals surface area (Å²) in [4.78, 5) is 17.0. The number of thiazole rings is 1. The Balaban J connectivity index is 1.49. The van der Waals surface area contributed by atoms with E-state index in [0.29, 0.717) is 11.2 Å². The molecule has 0 saturated carbocycles. The third kappa shape index (κ3) is 4.90. The molecule has 0 bridgehead atoms. The van der Waals surface area contributed by atoms with Gasteiger partial charge in [0.15, 0.2) is 5.13 Å². The van der Waals surface area contributed by atoms with E-state index in [9.17, 15) is 13.2 Å². The number of anilines is 3. The Morgan fingerprint density at radius 2 is 1.75 bits per heavy atom. The van der Waals surface area contributed by atoms with Crippen molar-refractivity contribution in [3.8, 4) is 0 Å². The van der Waals surface area contributed by atoms with E-state index in [0.717, 1.165) is 27.9 Å². The molecule has 0 atom stereocenters. The highest BCUT2D eigenvalue weighted by molar-refractivity contribution is 7.93. The summed E-state index contributed by atoms with van der Waals surface area (Å²) >= 11 is 1.23. The van der Waals surface area contributed by atoms with Crippen LogP contribution in [0.1, 0.15) is 18.1 Å². The summed E-state index contributed by atoms with van der Waals surface area (Å²) in [5.41, 5.74) is 3.93. The Morgan fingerprint density at radius 3 is 2.50 bits per heavy atom. The first-order chi connectivity index (χ1) is 15.3. The fourth-order valence-corrected chi connectivity index (χ4v) is 5.26. The average molecular weight is 467 g/mol. The number of aryl methyl sites for hydroxylation is 2. The molecule has 0 unspecified atom stereocenters. The van der Waals surface area contributed by atoms with Gasteiger partial charge in [-0.3, -0.25) is 4.72 Å². The number of sulfonamides is 1. The molecule has 4 aromatic rings. The maximum Gasteiger partial charge on any atom is 0.323 e. The summed E-state index contributed by atoms with van der Waals surface area (Å²) in [6.07, 6.45) is 0.808. The molecule has 9 heteroatoms. The van der Waals surface area contributed by atoms with Crippen molar-refractivity contribution < 1.29 is 13.2 Å². The normalized spacial score (nSPS) is 11.3. The van der Waals surface area contributed by atoms with Crippen molar-refractivity contribution in [2.24, 2.45) is 0 Å². The van der Waals surface area contributed by atoms with Gasteiger partial charge >= 0.3 is 6.03 Å². The maximum absolute atomic E-state index is 12.6. The number of carbonyl (C=O) groups excluding carboxylic acids is 1. The molecular weight excluding hydrogens is 444 g/mol. The zero-order valence-electron chi connectivity index (χ0n) is 17.5. The second-order valence-electron chi connectivity index (χ2n) is 7.21. The van der Waals surface area contributed by atoms with Crippen LogP contribution in [0.3, 0.4) is 0 Å². The SMILES string of the molecule is CCc1ccccc1NC(=O)Nc1ccc2sc(NS(=O)(=O)c3ccc(C)cc3)nc2c1. The Labute approximate surface area is 190 Å². The van der Waals surface area contributed by atoms with Crippen LogP contribution < -0.4 is 15.4 Å². The lowest BCUT2D eigenvalue weighted by Gasteiger charge is -2.10. The highest BCUT2D eigenvalue weighted by atomic mass is 32.2. The molecule has 0 saturated heterocycles. The molecule has 164 valence electrons. The number of nitrogens with one attached hydrogen (secondary N) is 3. The fraction of sp³-hybridized carbons (Fsp3) is 0.130. The van der Waals surface area contributed by atoms with Crippen molar-refractivity contribution in [2.75, 3.05) is 15.4 Å². The van der Waals surface area contributed by atoms with Gasteiger partial charge in [-0.15, -0.1) is 0 Å². The van der Waals surface area contributed by atoms with Crippen molar-refractivity contribution >= 4 is 54.1 Å². The van der Waals surface area contributed by atoms with Gasteiger partial charge in [-0.05, 0) is 55.3 Å². The van der Waals surface area contributed by atoms with Crippen molar-refractivity contribution in [2.45, 2.75) is 25.2 Å². The molecule has 0 aliphatic heterocycles. The Kier molecular flexibility index (Phi) is 6.11. The first kappa shape index (κ1) is 21.8. The molecule has 0 spiro atoms.